The van der Waals surface area contributed by atoms with E-state index in [0.717, 1.165) is 12.0 Å². The van der Waals surface area contributed by atoms with Crippen LogP contribution in [0.3, 0.4) is 0 Å². The summed E-state index contributed by atoms with van der Waals surface area (Å²) in [6.07, 6.45) is 14.8. The van der Waals surface area contributed by atoms with Crippen molar-refractivity contribution in [1.82, 2.24) is 0 Å². The molecule has 0 aliphatic heterocycles. The van der Waals surface area contributed by atoms with E-state index in [9.17, 15) is 5.11 Å². The molecule has 1 nitrogen and oxygen atoms in total. The molecule has 0 saturated heterocycles. The van der Waals surface area contributed by atoms with E-state index in [1.807, 2.05) is 30.4 Å². The molecular weight excluding hydrogens is 423 g/mol. The molecule has 1 aromatic rings. The van der Waals surface area contributed by atoms with E-state index in [0.29, 0.717) is 0 Å². The minimum absolute atomic E-state index is 0.376. The Morgan fingerprint density at radius 2 is 1.42 bits per heavy atom. The van der Waals surface area contributed by atoms with Crippen LogP contribution in [0.2, 0.25) is 13.3 Å². The number of rotatable bonds is 14. The van der Waals surface area contributed by atoms with Crippen molar-refractivity contribution in [3.05, 3.63) is 52.1 Å². The van der Waals surface area contributed by atoms with Gasteiger partial charge >= 0.3 is 167 Å². The molecule has 0 bridgehead atoms. The first kappa shape index (κ1) is 23.5. The van der Waals surface area contributed by atoms with Crippen LogP contribution in [0, 0.1) is 0 Å². The number of hydrogen-bond donors (Lipinski definition) is 1. The van der Waals surface area contributed by atoms with Crippen LogP contribution in [0.15, 0.2) is 46.6 Å². The second-order valence-corrected chi connectivity index (χ2v) is 20.7. The van der Waals surface area contributed by atoms with Gasteiger partial charge in [-0.1, -0.05) is 0 Å². The van der Waals surface area contributed by atoms with Crippen molar-refractivity contribution >= 4 is 24.5 Å². The maximum atomic E-state index is 10.3. The summed E-state index contributed by atoms with van der Waals surface area (Å²) in [7, 11) is 0. The van der Waals surface area contributed by atoms with Crippen LogP contribution in [-0.4, -0.2) is 29.6 Å². The van der Waals surface area contributed by atoms with Gasteiger partial charge in [0.2, 0.25) is 0 Å². The van der Waals surface area contributed by atoms with Gasteiger partial charge in [-0.3, -0.25) is 0 Å². The van der Waals surface area contributed by atoms with Crippen LogP contribution in [0.25, 0.3) is 6.08 Å². The van der Waals surface area contributed by atoms with Crippen LogP contribution >= 0.6 is 0 Å². The van der Waals surface area contributed by atoms with Crippen LogP contribution in [0.5, 0.6) is 0 Å². The molecule has 1 atom stereocenters. The molecule has 0 fully saturated rings. The molecule has 0 saturated carbocycles. The van der Waals surface area contributed by atoms with Gasteiger partial charge in [-0.05, 0) is 0 Å². The van der Waals surface area contributed by atoms with Crippen molar-refractivity contribution in [1.29, 1.82) is 0 Å². The van der Waals surface area contributed by atoms with E-state index in [-0.39, 0.29) is 6.10 Å². The number of aliphatic hydroxyl groups is 1. The van der Waals surface area contributed by atoms with Crippen molar-refractivity contribution in [2.75, 3.05) is 0 Å². The number of aliphatic hydroxyl groups excluding tert-OH is 1. The second kappa shape index (κ2) is 14.5. The summed E-state index contributed by atoms with van der Waals surface area (Å²) in [5, 5.41) is 10.3. The van der Waals surface area contributed by atoms with Gasteiger partial charge in [0, 0.05) is 0 Å². The van der Waals surface area contributed by atoms with E-state index >= 15 is 0 Å². The average Bonchev–Trinajstić information content (AvgIpc) is 2.68. The Hall–Kier alpha value is -0.541. The Morgan fingerprint density at radius 3 is 1.92 bits per heavy atom. The zero-order valence-electron chi connectivity index (χ0n) is 17.3. The zero-order valence-corrected chi connectivity index (χ0v) is 20.1. The van der Waals surface area contributed by atoms with Crippen molar-refractivity contribution in [3.8, 4) is 0 Å². The summed E-state index contributed by atoms with van der Waals surface area (Å²) in [6, 6.07) is 10.2. The van der Waals surface area contributed by atoms with Gasteiger partial charge in [0.05, 0.1) is 0 Å². The first-order valence-electron chi connectivity index (χ1n) is 10.7. The van der Waals surface area contributed by atoms with Crippen molar-refractivity contribution < 1.29 is 5.11 Å². The molecule has 1 aromatic carbocycles. The third-order valence-corrected chi connectivity index (χ3v) is 19.5. The fraction of sp³-hybridized carbons (Fsp3) is 0.583. The Kier molecular flexibility index (Phi) is 13.1. The Labute approximate surface area is 166 Å². The molecule has 26 heavy (non-hydrogen) atoms. The molecule has 0 aromatic heterocycles. The molecule has 1 N–H and O–H groups in total. The normalized spacial score (nSPS) is 13.7. The predicted octanol–water partition coefficient (Wildman–Crippen LogP) is 7.40. The summed E-state index contributed by atoms with van der Waals surface area (Å²) >= 11 is -2.18. The zero-order chi connectivity index (χ0) is 19.1. The second-order valence-electron chi connectivity index (χ2n) is 7.65. The molecular formula is C24H40OSn. The van der Waals surface area contributed by atoms with E-state index in [4.69, 9.17) is 0 Å². The van der Waals surface area contributed by atoms with Crippen molar-refractivity contribution in [3.63, 3.8) is 0 Å². The van der Waals surface area contributed by atoms with Gasteiger partial charge < -0.3 is 0 Å². The standard InChI is InChI=1S/C12H13O.3C4H9.Sn/c1-2-6-12(13)10-9-11-7-4-3-5-8-11;3*1-3-4-2;/h1-5,7-10,12-13H,6H2;3*1,3-4H2,2H3;/b2-1?,10-9+;;;;/t12-;;;;/m1..../s1. The van der Waals surface area contributed by atoms with Crippen molar-refractivity contribution in [2.24, 2.45) is 0 Å². The maximum absolute atomic E-state index is 10.3. The summed E-state index contributed by atoms with van der Waals surface area (Å²) in [6.45, 7) is 6.95. The number of benzene rings is 1. The number of unbranched alkanes of at least 4 members (excludes halogenated alkanes) is 3. The Bertz CT molecular complexity index is 484. The summed E-state index contributed by atoms with van der Waals surface area (Å²) in [4.78, 5) is 0. The van der Waals surface area contributed by atoms with Crippen LogP contribution in [0.4, 0.5) is 0 Å². The topological polar surface area (TPSA) is 20.2 Å². The predicted molar refractivity (Wildman–Crippen MR) is 120 cm³/mol. The molecule has 146 valence electrons. The summed E-state index contributed by atoms with van der Waals surface area (Å²) in [5.74, 6) is 0. The van der Waals surface area contributed by atoms with Gasteiger partial charge in [-0.15, -0.1) is 0 Å². The number of hydrogen-bond acceptors (Lipinski definition) is 1. The molecule has 2 heteroatoms. The Morgan fingerprint density at radius 1 is 0.885 bits per heavy atom. The fourth-order valence-corrected chi connectivity index (χ4v) is 18.0. The van der Waals surface area contributed by atoms with Gasteiger partial charge in [-0.25, -0.2) is 0 Å². The van der Waals surface area contributed by atoms with E-state index in [2.05, 4.69) is 43.1 Å². The quantitative estimate of drug-likeness (QED) is 0.285. The molecule has 0 aliphatic carbocycles. The van der Waals surface area contributed by atoms with Crippen LogP contribution < -0.4 is 0 Å². The molecule has 1 rings (SSSR count). The molecule has 0 aliphatic rings. The van der Waals surface area contributed by atoms with Crippen LogP contribution in [0.1, 0.15) is 71.3 Å². The van der Waals surface area contributed by atoms with Crippen molar-refractivity contribution in [2.45, 2.75) is 85.1 Å². The van der Waals surface area contributed by atoms with E-state index < -0.39 is 18.4 Å². The molecule has 0 spiro atoms. The van der Waals surface area contributed by atoms with Gasteiger partial charge in [0.25, 0.3) is 0 Å². The monoisotopic (exact) mass is 464 g/mol. The van der Waals surface area contributed by atoms with E-state index in [1.165, 1.54) is 51.8 Å². The third kappa shape index (κ3) is 9.96. The molecule has 0 radical (unpaired) electrons. The fourth-order valence-electron chi connectivity index (χ4n) is 3.53. The van der Waals surface area contributed by atoms with E-state index in [1.54, 1.807) is 0 Å². The average molecular weight is 463 g/mol. The SMILES string of the molecule is CCC[CH2][Sn](/[CH]=C/C[C@@H](O)/C=C/c1ccccc1)([CH2]CCC)[CH2]CCC. The van der Waals surface area contributed by atoms with Gasteiger partial charge in [0.15, 0.2) is 0 Å². The van der Waals surface area contributed by atoms with Crippen LogP contribution in [-0.2, 0) is 0 Å². The first-order chi connectivity index (χ1) is 12.7. The first-order valence-corrected chi connectivity index (χ1v) is 18.4. The summed E-state index contributed by atoms with van der Waals surface area (Å²) in [5.41, 5.74) is 1.15. The van der Waals surface area contributed by atoms with Gasteiger partial charge in [-0.2, -0.15) is 0 Å². The summed E-state index contributed by atoms with van der Waals surface area (Å²) < 4.78 is 7.15. The Balaban J connectivity index is 2.68. The third-order valence-electron chi connectivity index (χ3n) is 5.24. The minimum atomic E-state index is -2.18. The molecule has 0 amide bonds. The molecule has 0 heterocycles. The molecule has 0 unspecified atom stereocenters. The van der Waals surface area contributed by atoms with Gasteiger partial charge in [0.1, 0.15) is 0 Å².